The molecule has 2 amide bonds. The van der Waals surface area contributed by atoms with Crippen molar-refractivity contribution in [3.63, 3.8) is 0 Å². The van der Waals surface area contributed by atoms with Crippen LogP contribution in [0, 0.1) is 0 Å². The molecule has 0 bridgehead atoms. The average molecular weight is 318 g/mol. The molecule has 6 nitrogen and oxygen atoms in total. The Morgan fingerprint density at radius 3 is 2.14 bits per heavy atom. The first-order valence-electron chi connectivity index (χ1n) is 6.31. The first-order valence-corrected chi connectivity index (χ1v) is 7.87. The Balaban J connectivity index is 1.99. The molecule has 3 N–H and O–H groups in total. The summed E-state index contributed by atoms with van der Waals surface area (Å²) < 4.78 is 11.3. The second-order valence-corrected chi connectivity index (χ2v) is 5.78. The van der Waals surface area contributed by atoms with Crippen LogP contribution in [-0.2, 0) is 10.8 Å². The first kappa shape index (κ1) is 15.7. The maximum absolute atomic E-state index is 11.9. The Labute approximate surface area is 129 Å². The first-order chi connectivity index (χ1) is 10.5. The topological polar surface area (TPSA) is 95.5 Å². The highest BCUT2D eigenvalue weighted by Crippen LogP contribution is 2.14. The molecule has 2 aromatic rings. The Kier molecular flexibility index (Phi) is 4.90. The third-order valence-corrected chi connectivity index (χ3v) is 3.82. The van der Waals surface area contributed by atoms with Gasteiger partial charge in [-0.3, -0.25) is 24.6 Å². The molecule has 0 spiro atoms. The van der Waals surface area contributed by atoms with E-state index in [-0.39, 0.29) is 11.3 Å². The van der Waals surface area contributed by atoms with Crippen molar-refractivity contribution >= 4 is 22.6 Å². The lowest BCUT2D eigenvalue weighted by Crippen LogP contribution is -2.41. The van der Waals surface area contributed by atoms with Gasteiger partial charge in [-0.05, 0) is 36.4 Å². The predicted octanol–water partition coefficient (Wildman–Crippen LogP) is 1.20. The molecule has 1 unspecified atom stereocenters. The Hall–Kier alpha value is -2.67. The number of hydrogen-bond donors (Lipinski definition) is 3. The van der Waals surface area contributed by atoms with E-state index in [0.29, 0.717) is 10.5 Å². The van der Waals surface area contributed by atoms with Crippen molar-refractivity contribution in [1.82, 2.24) is 10.9 Å². The van der Waals surface area contributed by atoms with Crippen LogP contribution in [-0.4, -0.2) is 27.4 Å². The van der Waals surface area contributed by atoms with Crippen LogP contribution in [0.15, 0.2) is 53.4 Å². The van der Waals surface area contributed by atoms with Crippen molar-refractivity contribution in [2.24, 2.45) is 0 Å². The minimum absolute atomic E-state index is 0.0551. The summed E-state index contributed by atoms with van der Waals surface area (Å²) in [7, 11) is -1.12. The van der Waals surface area contributed by atoms with E-state index in [1.807, 2.05) is 0 Å². The van der Waals surface area contributed by atoms with Gasteiger partial charge in [0.05, 0.1) is 5.56 Å². The third kappa shape index (κ3) is 3.70. The van der Waals surface area contributed by atoms with Gasteiger partial charge in [-0.25, -0.2) is 0 Å². The van der Waals surface area contributed by atoms with Crippen molar-refractivity contribution in [3.8, 4) is 5.75 Å². The van der Waals surface area contributed by atoms with Crippen molar-refractivity contribution in [3.05, 3.63) is 59.7 Å². The standard InChI is InChI=1S/C15H14N2O4S/c1-22(21)11-8-6-10(7-9-11)14(19)16-17-15(20)12-4-2-3-5-13(12)18/h2-9,18H,1H3,(H,16,19)(H,17,20). The number of hydrogen-bond acceptors (Lipinski definition) is 4. The summed E-state index contributed by atoms with van der Waals surface area (Å²) in [6.07, 6.45) is 1.54. The molecule has 114 valence electrons. The van der Waals surface area contributed by atoms with E-state index < -0.39 is 22.6 Å². The van der Waals surface area contributed by atoms with Gasteiger partial charge in [-0.2, -0.15) is 0 Å². The van der Waals surface area contributed by atoms with Crippen LogP contribution in [0.3, 0.4) is 0 Å². The van der Waals surface area contributed by atoms with Gasteiger partial charge in [0, 0.05) is 27.5 Å². The van der Waals surface area contributed by atoms with Crippen LogP contribution in [0.2, 0.25) is 0 Å². The summed E-state index contributed by atoms with van der Waals surface area (Å²) in [6, 6.07) is 12.2. The molecule has 0 aliphatic rings. The van der Waals surface area contributed by atoms with Crippen molar-refractivity contribution in [2.75, 3.05) is 6.26 Å². The highest BCUT2D eigenvalue weighted by atomic mass is 32.2. The number of phenols is 1. The normalized spacial score (nSPS) is 11.5. The molecular weight excluding hydrogens is 304 g/mol. The lowest BCUT2D eigenvalue weighted by Gasteiger charge is -2.08. The molecule has 22 heavy (non-hydrogen) atoms. The van der Waals surface area contributed by atoms with Crippen molar-refractivity contribution < 1.29 is 18.9 Å². The molecule has 7 heteroatoms. The van der Waals surface area contributed by atoms with Crippen molar-refractivity contribution in [1.29, 1.82) is 0 Å². The molecule has 0 heterocycles. The Morgan fingerprint density at radius 1 is 0.955 bits per heavy atom. The summed E-state index contributed by atoms with van der Waals surface area (Å²) in [5, 5.41) is 9.54. The van der Waals surface area contributed by atoms with Crippen LogP contribution in [0.25, 0.3) is 0 Å². The van der Waals surface area contributed by atoms with Crippen LogP contribution in [0.1, 0.15) is 20.7 Å². The number of para-hydroxylation sites is 1. The lowest BCUT2D eigenvalue weighted by atomic mass is 10.2. The minimum Gasteiger partial charge on any atom is -0.507 e. The number of carbonyl (C=O) groups is 2. The van der Waals surface area contributed by atoms with E-state index >= 15 is 0 Å². The number of hydrazine groups is 1. The molecule has 0 radical (unpaired) electrons. The van der Waals surface area contributed by atoms with Gasteiger partial charge >= 0.3 is 0 Å². The molecule has 0 saturated carbocycles. The van der Waals surface area contributed by atoms with Crippen LogP contribution < -0.4 is 10.9 Å². The quantitative estimate of drug-likeness (QED) is 0.741. The molecule has 2 rings (SSSR count). The third-order valence-electron chi connectivity index (χ3n) is 2.89. The number of phenolic OH excluding ortho intramolecular Hbond substituents is 1. The number of amides is 2. The fraction of sp³-hybridized carbons (Fsp3) is 0.0667. The second kappa shape index (κ2) is 6.86. The predicted molar refractivity (Wildman–Crippen MR) is 81.8 cm³/mol. The van der Waals surface area contributed by atoms with Gasteiger partial charge in [0.1, 0.15) is 5.75 Å². The van der Waals surface area contributed by atoms with Crippen LogP contribution in [0.4, 0.5) is 0 Å². The summed E-state index contributed by atoms with van der Waals surface area (Å²) in [5.41, 5.74) is 4.83. The summed E-state index contributed by atoms with van der Waals surface area (Å²) in [5.74, 6) is -1.32. The lowest BCUT2D eigenvalue weighted by molar-refractivity contribution is 0.0845. The smallest absolute Gasteiger partial charge is 0.273 e. The van der Waals surface area contributed by atoms with Gasteiger partial charge in [0.25, 0.3) is 11.8 Å². The maximum atomic E-state index is 11.9. The SMILES string of the molecule is CS(=O)c1ccc(C(=O)NNC(=O)c2ccccc2O)cc1. The maximum Gasteiger partial charge on any atom is 0.273 e. The van der Waals surface area contributed by atoms with Gasteiger partial charge < -0.3 is 5.11 Å². The Morgan fingerprint density at radius 2 is 1.55 bits per heavy atom. The zero-order valence-electron chi connectivity index (χ0n) is 11.7. The average Bonchev–Trinajstić information content (AvgIpc) is 2.52. The van der Waals surface area contributed by atoms with Gasteiger partial charge in [-0.1, -0.05) is 12.1 Å². The van der Waals surface area contributed by atoms with E-state index in [1.165, 1.54) is 24.3 Å². The number of nitrogens with one attached hydrogen (secondary N) is 2. The molecule has 0 aromatic heterocycles. The molecule has 1 atom stereocenters. The molecule has 0 fully saturated rings. The number of rotatable bonds is 3. The molecule has 0 aliphatic heterocycles. The second-order valence-electron chi connectivity index (χ2n) is 4.40. The van der Waals surface area contributed by atoms with E-state index in [1.54, 1.807) is 30.5 Å². The number of aromatic hydroxyl groups is 1. The zero-order valence-corrected chi connectivity index (χ0v) is 12.5. The van der Waals surface area contributed by atoms with E-state index in [9.17, 15) is 18.9 Å². The van der Waals surface area contributed by atoms with Crippen LogP contribution in [0.5, 0.6) is 5.75 Å². The molecule has 0 aliphatic carbocycles. The van der Waals surface area contributed by atoms with Crippen molar-refractivity contribution in [2.45, 2.75) is 4.90 Å². The fourth-order valence-electron chi connectivity index (χ4n) is 1.72. The van der Waals surface area contributed by atoms with Gasteiger partial charge in [0.2, 0.25) is 0 Å². The zero-order chi connectivity index (χ0) is 16.1. The van der Waals surface area contributed by atoms with Gasteiger partial charge in [-0.15, -0.1) is 0 Å². The van der Waals surface area contributed by atoms with Gasteiger partial charge in [0.15, 0.2) is 0 Å². The summed E-state index contributed by atoms with van der Waals surface area (Å²) in [6.45, 7) is 0. The van der Waals surface area contributed by atoms with E-state index in [0.717, 1.165) is 0 Å². The summed E-state index contributed by atoms with van der Waals surface area (Å²) in [4.78, 5) is 24.3. The number of carbonyl (C=O) groups excluding carboxylic acids is 2. The summed E-state index contributed by atoms with van der Waals surface area (Å²) >= 11 is 0. The molecular formula is C15H14N2O4S. The van der Waals surface area contributed by atoms with E-state index in [2.05, 4.69) is 10.9 Å². The highest BCUT2D eigenvalue weighted by Gasteiger charge is 2.12. The Bertz CT molecular complexity index is 729. The molecule has 2 aromatic carbocycles. The highest BCUT2D eigenvalue weighted by molar-refractivity contribution is 7.84. The largest absolute Gasteiger partial charge is 0.507 e. The number of benzene rings is 2. The van der Waals surface area contributed by atoms with Crippen LogP contribution >= 0.6 is 0 Å². The monoisotopic (exact) mass is 318 g/mol. The minimum atomic E-state index is -1.12. The molecule has 0 saturated heterocycles. The fourth-order valence-corrected chi connectivity index (χ4v) is 2.24. The van der Waals surface area contributed by atoms with E-state index in [4.69, 9.17) is 0 Å².